The summed E-state index contributed by atoms with van der Waals surface area (Å²) in [4.78, 5) is 14.4. The molecule has 2 N–H and O–H groups in total. The number of aliphatic hydroxyl groups is 1. The second kappa shape index (κ2) is 8.13. The van der Waals surface area contributed by atoms with E-state index >= 15 is 0 Å². The normalized spacial score (nSPS) is 12.3. The molecule has 0 aliphatic carbocycles. The molecule has 26 heavy (non-hydrogen) atoms. The molecule has 3 rings (SSSR count). The smallest absolute Gasteiger partial charge is 0.251 e. The maximum Gasteiger partial charge on any atom is 0.251 e. The number of aliphatic hydroxyl groups excluding tert-OH is 1. The number of carbonyl (C=O) groups is 1. The van der Waals surface area contributed by atoms with Crippen LogP contribution in [-0.2, 0) is 6.54 Å². The Morgan fingerprint density at radius 3 is 2.38 bits per heavy atom. The molecule has 0 heterocycles. The highest BCUT2D eigenvalue weighted by atomic mass is 16.3. The van der Waals surface area contributed by atoms with Crippen LogP contribution in [0.3, 0.4) is 0 Å². The third kappa shape index (κ3) is 4.48. The Hall–Kier alpha value is -2.69. The minimum Gasteiger partial charge on any atom is -0.387 e. The number of benzene rings is 3. The van der Waals surface area contributed by atoms with Gasteiger partial charge in [-0.1, -0.05) is 48.5 Å². The number of fused-ring (bicyclic) bond motifs is 1. The van der Waals surface area contributed by atoms with E-state index in [1.807, 2.05) is 80.8 Å². The van der Waals surface area contributed by atoms with Crippen LogP contribution in [0.15, 0.2) is 66.7 Å². The van der Waals surface area contributed by atoms with E-state index in [9.17, 15) is 9.90 Å². The van der Waals surface area contributed by atoms with E-state index in [0.29, 0.717) is 5.56 Å². The first-order valence-electron chi connectivity index (χ1n) is 8.71. The molecule has 4 nitrogen and oxygen atoms in total. The van der Waals surface area contributed by atoms with Crippen LogP contribution >= 0.6 is 0 Å². The largest absolute Gasteiger partial charge is 0.387 e. The maximum atomic E-state index is 12.3. The Balaban J connectivity index is 1.60. The molecule has 0 saturated heterocycles. The van der Waals surface area contributed by atoms with E-state index < -0.39 is 6.10 Å². The molecule has 3 aromatic rings. The molecule has 134 valence electrons. The number of nitrogens with zero attached hydrogens (tertiary/aromatic N) is 1. The molecular weight excluding hydrogens is 324 g/mol. The van der Waals surface area contributed by atoms with Gasteiger partial charge in [-0.15, -0.1) is 0 Å². The molecule has 0 fully saturated rings. The van der Waals surface area contributed by atoms with Gasteiger partial charge in [0.05, 0.1) is 6.10 Å². The monoisotopic (exact) mass is 348 g/mol. The number of nitrogens with one attached hydrogen (secondary N) is 1. The lowest BCUT2D eigenvalue weighted by atomic mass is 10.0. The number of rotatable bonds is 6. The molecule has 0 saturated carbocycles. The van der Waals surface area contributed by atoms with E-state index in [0.717, 1.165) is 28.4 Å². The van der Waals surface area contributed by atoms with E-state index in [1.165, 1.54) is 0 Å². The second-order valence-electron chi connectivity index (χ2n) is 6.77. The highest BCUT2D eigenvalue weighted by Gasteiger charge is 2.11. The van der Waals surface area contributed by atoms with Crippen molar-refractivity contribution in [2.45, 2.75) is 12.6 Å². The summed E-state index contributed by atoms with van der Waals surface area (Å²) in [6, 6.07) is 21.4. The topological polar surface area (TPSA) is 52.6 Å². The van der Waals surface area contributed by atoms with Crippen molar-refractivity contribution in [3.05, 3.63) is 83.4 Å². The lowest BCUT2D eigenvalue weighted by Crippen LogP contribution is -2.28. The minimum atomic E-state index is -0.739. The Morgan fingerprint density at radius 1 is 1.00 bits per heavy atom. The standard InChI is InChI=1S/C22H24N2O2/c1-24(2)15-16-7-9-18(10-8-16)22(26)23-14-21(25)20-12-11-17-5-3-4-6-19(17)13-20/h3-13,21,25H,14-15H2,1-2H3,(H,23,26). The number of amides is 1. The summed E-state index contributed by atoms with van der Waals surface area (Å²) in [7, 11) is 4.02. The highest BCUT2D eigenvalue weighted by Crippen LogP contribution is 2.20. The Kier molecular flexibility index (Phi) is 5.66. The molecule has 1 amide bonds. The number of hydrogen-bond donors (Lipinski definition) is 2. The first-order valence-corrected chi connectivity index (χ1v) is 8.71. The van der Waals surface area contributed by atoms with Gasteiger partial charge in [0.15, 0.2) is 0 Å². The van der Waals surface area contributed by atoms with Crippen molar-refractivity contribution in [2.75, 3.05) is 20.6 Å². The summed E-state index contributed by atoms with van der Waals surface area (Å²) in [5.41, 5.74) is 2.55. The Morgan fingerprint density at radius 2 is 1.69 bits per heavy atom. The molecular formula is C22H24N2O2. The van der Waals surface area contributed by atoms with Crippen molar-refractivity contribution >= 4 is 16.7 Å². The van der Waals surface area contributed by atoms with Gasteiger partial charge in [0.1, 0.15) is 0 Å². The van der Waals surface area contributed by atoms with E-state index in [4.69, 9.17) is 0 Å². The summed E-state index contributed by atoms with van der Waals surface area (Å²) < 4.78 is 0. The average molecular weight is 348 g/mol. The van der Waals surface area contributed by atoms with E-state index in [1.54, 1.807) is 0 Å². The van der Waals surface area contributed by atoms with Crippen molar-refractivity contribution < 1.29 is 9.90 Å². The molecule has 4 heteroatoms. The zero-order valence-electron chi connectivity index (χ0n) is 15.1. The van der Waals surface area contributed by atoms with Crippen LogP contribution < -0.4 is 5.32 Å². The summed E-state index contributed by atoms with van der Waals surface area (Å²) in [6.45, 7) is 1.01. The van der Waals surface area contributed by atoms with Gasteiger partial charge in [-0.05, 0) is 54.2 Å². The van der Waals surface area contributed by atoms with Crippen LogP contribution in [0, 0.1) is 0 Å². The Labute approximate surface area is 154 Å². The predicted molar refractivity (Wildman–Crippen MR) is 105 cm³/mol. The lowest BCUT2D eigenvalue weighted by molar-refractivity contribution is 0.0916. The first-order chi connectivity index (χ1) is 12.5. The molecule has 0 aliphatic rings. The first kappa shape index (κ1) is 18.1. The fourth-order valence-electron chi connectivity index (χ4n) is 2.95. The molecule has 0 aromatic heterocycles. The van der Waals surface area contributed by atoms with Crippen LogP contribution in [0.4, 0.5) is 0 Å². The number of carbonyl (C=O) groups excluding carboxylic acids is 1. The van der Waals surface area contributed by atoms with Crippen LogP contribution in [0.1, 0.15) is 27.6 Å². The van der Waals surface area contributed by atoms with Gasteiger partial charge < -0.3 is 15.3 Å². The average Bonchev–Trinajstić information content (AvgIpc) is 2.65. The third-order valence-electron chi connectivity index (χ3n) is 4.33. The molecule has 1 unspecified atom stereocenters. The third-order valence-corrected chi connectivity index (χ3v) is 4.33. The van der Waals surface area contributed by atoms with Gasteiger partial charge in [0, 0.05) is 18.7 Å². The van der Waals surface area contributed by atoms with Crippen molar-refractivity contribution in [3.63, 3.8) is 0 Å². The molecule has 0 radical (unpaired) electrons. The van der Waals surface area contributed by atoms with E-state index in [2.05, 4.69) is 10.2 Å². The molecule has 0 bridgehead atoms. The van der Waals surface area contributed by atoms with Crippen molar-refractivity contribution in [1.29, 1.82) is 0 Å². The van der Waals surface area contributed by atoms with Gasteiger partial charge in [0.25, 0.3) is 5.91 Å². The summed E-state index contributed by atoms with van der Waals surface area (Å²) in [6.07, 6.45) is -0.739. The summed E-state index contributed by atoms with van der Waals surface area (Å²) in [5, 5.41) is 15.4. The second-order valence-corrected chi connectivity index (χ2v) is 6.77. The van der Waals surface area contributed by atoms with Gasteiger partial charge in [0.2, 0.25) is 0 Å². The lowest BCUT2D eigenvalue weighted by Gasteiger charge is -2.14. The van der Waals surface area contributed by atoms with Gasteiger partial charge in [-0.25, -0.2) is 0 Å². The predicted octanol–water partition coefficient (Wildman–Crippen LogP) is 3.36. The zero-order chi connectivity index (χ0) is 18.5. The summed E-state index contributed by atoms with van der Waals surface area (Å²) in [5.74, 6) is -0.179. The molecule has 0 spiro atoms. The van der Waals surface area contributed by atoms with Crippen LogP contribution in [-0.4, -0.2) is 36.6 Å². The van der Waals surface area contributed by atoms with Gasteiger partial charge >= 0.3 is 0 Å². The summed E-state index contributed by atoms with van der Waals surface area (Å²) >= 11 is 0. The van der Waals surface area contributed by atoms with Crippen molar-refractivity contribution in [2.24, 2.45) is 0 Å². The SMILES string of the molecule is CN(C)Cc1ccc(C(=O)NCC(O)c2ccc3ccccc3c2)cc1. The van der Waals surface area contributed by atoms with E-state index in [-0.39, 0.29) is 12.5 Å². The van der Waals surface area contributed by atoms with Crippen LogP contribution in [0.5, 0.6) is 0 Å². The zero-order valence-corrected chi connectivity index (χ0v) is 15.1. The van der Waals surface area contributed by atoms with Crippen molar-refractivity contribution in [1.82, 2.24) is 10.2 Å². The van der Waals surface area contributed by atoms with Crippen LogP contribution in [0.25, 0.3) is 10.8 Å². The maximum absolute atomic E-state index is 12.3. The van der Waals surface area contributed by atoms with Crippen LogP contribution in [0.2, 0.25) is 0 Å². The Bertz CT molecular complexity index is 888. The van der Waals surface area contributed by atoms with Crippen molar-refractivity contribution in [3.8, 4) is 0 Å². The fourth-order valence-corrected chi connectivity index (χ4v) is 2.95. The quantitative estimate of drug-likeness (QED) is 0.718. The molecule has 3 aromatic carbocycles. The molecule has 0 aliphatic heterocycles. The fraction of sp³-hybridized carbons (Fsp3) is 0.227. The molecule has 1 atom stereocenters. The number of hydrogen-bond acceptors (Lipinski definition) is 3. The van der Waals surface area contributed by atoms with Gasteiger partial charge in [-0.3, -0.25) is 4.79 Å². The highest BCUT2D eigenvalue weighted by molar-refractivity contribution is 5.94. The van der Waals surface area contributed by atoms with Gasteiger partial charge in [-0.2, -0.15) is 0 Å². The minimum absolute atomic E-state index is 0.177.